The van der Waals surface area contributed by atoms with E-state index >= 15 is 0 Å². The number of carboxylic acids is 1. The molecule has 0 aliphatic heterocycles. The number of carboxylic acid groups (broad SMARTS) is 1. The van der Waals surface area contributed by atoms with E-state index in [1.54, 1.807) is 18.2 Å². The quantitative estimate of drug-likeness (QED) is 0.682. The molecule has 3 aromatic carbocycles. The molecule has 0 saturated carbocycles. The number of carbonyl (C=O) groups excluding carboxylic acids is 1. The molecule has 1 atom stereocenters. The second kappa shape index (κ2) is 7.49. The molecular weight excluding hydrogens is 382 g/mol. The van der Waals surface area contributed by atoms with Crippen LogP contribution >= 0.6 is 15.9 Å². The van der Waals surface area contributed by atoms with Crippen molar-refractivity contribution < 1.29 is 14.7 Å². The third-order valence-electron chi connectivity index (χ3n) is 3.99. The number of rotatable bonds is 5. The van der Waals surface area contributed by atoms with E-state index in [9.17, 15) is 14.7 Å². The van der Waals surface area contributed by atoms with E-state index < -0.39 is 17.9 Å². The molecule has 0 fully saturated rings. The summed E-state index contributed by atoms with van der Waals surface area (Å²) in [6.07, 6.45) is 0.219. The van der Waals surface area contributed by atoms with Crippen LogP contribution in [-0.2, 0) is 11.2 Å². The normalized spacial score (nSPS) is 11.9. The Morgan fingerprint density at radius 2 is 1.72 bits per heavy atom. The van der Waals surface area contributed by atoms with E-state index in [0.29, 0.717) is 5.56 Å². The first kappa shape index (κ1) is 17.2. The molecule has 2 N–H and O–H groups in total. The molecule has 0 radical (unpaired) electrons. The number of aliphatic carboxylic acids is 1. The summed E-state index contributed by atoms with van der Waals surface area (Å²) in [6, 6.07) is 19.4. The van der Waals surface area contributed by atoms with E-state index in [1.807, 2.05) is 48.5 Å². The van der Waals surface area contributed by atoms with Crippen molar-refractivity contribution >= 4 is 38.6 Å². The van der Waals surface area contributed by atoms with Gasteiger partial charge in [-0.15, -0.1) is 0 Å². The molecule has 3 aromatic rings. The minimum Gasteiger partial charge on any atom is -0.480 e. The second-order valence-electron chi connectivity index (χ2n) is 5.72. The molecule has 4 nitrogen and oxygen atoms in total. The largest absolute Gasteiger partial charge is 0.480 e. The van der Waals surface area contributed by atoms with E-state index in [1.165, 1.54) is 0 Å². The lowest BCUT2D eigenvalue weighted by Gasteiger charge is -2.16. The van der Waals surface area contributed by atoms with Crippen LogP contribution < -0.4 is 5.32 Å². The lowest BCUT2D eigenvalue weighted by Crippen LogP contribution is -2.42. The van der Waals surface area contributed by atoms with Crippen molar-refractivity contribution in [3.8, 4) is 0 Å². The molecule has 1 amide bonds. The highest BCUT2D eigenvalue weighted by molar-refractivity contribution is 9.10. The van der Waals surface area contributed by atoms with Gasteiger partial charge in [0.2, 0.25) is 0 Å². The van der Waals surface area contributed by atoms with Gasteiger partial charge in [0, 0.05) is 16.5 Å². The number of hydrogen-bond donors (Lipinski definition) is 2. The van der Waals surface area contributed by atoms with Gasteiger partial charge < -0.3 is 10.4 Å². The summed E-state index contributed by atoms with van der Waals surface area (Å²) in [7, 11) is 0. The molecule has 0 aromatic heterocycles. The van der Waals surface area contributed by atoms with Crippen LogP contribution in [0.25, 0.3) is 10.8 Å². The molecule has 0 aliphatic carbocycles. The average Bonchev–Trinajstić information content (AvgIpc) is 2.61. The van der Waals surface area contributed by atoms with E-state index in [-0.39, 0.29) is 6.42 Å². The Bertz CT molecular complexity index is 934. The summed E-state index contributed by atoms with van der Waals surface area (Å²) in [5.41, 5.74) is 1.30. The SMILES string of the molecule is O=C(N[C@@H](Cc1cccc2ccccc12)C(=O)O)c1cccc(Br)c1. The minimum absolute atomic E-state index is 0.219. The highest BCUT2D eigenvalue weighted by Crippen LogP contribution is 2.20. The van der Waals surface area contributed by atoms with Crippen LogP contribution in [-0.4, -0.2) is 23.0 Å². The van der Waals surface area contributed by atoms with Crippen molar-refractivity contribution in [2.45, 2.75) is 12.5 Å². The Kier molecular flexibility index (Phi) is 5.14. The maximum Gasteiger partial charge on any atom is 0.326 e. The zero-order valence-electron chi connectivity index (χ0n) is 13.3. The van der Waals surface area contributed by atoms with Crippen LogP contribution in [0.1, 0.15) is 15.9 Å². The fourth-order valence-corrected chi connectivity index (χ4v) is 3.16. The zero-order valence-corrected chi connectivity index (χ0v) is 14.9. The fourth-order valence-electron chi connectivity index (χ4n) is 2.76. The van der Waals surface area contributed by atoms with E-state index in [4.69, 9.17) is 0 Å². The third kappa shape index (κ3) is 4.06. The summed E-state index contributed by atoms with van der Waals surface area (Å²) in [6.45, 7) is 0. The highest BCUT2D eigenvalue weighted by atomic mass is 79.9. The van der Waals surface area contributed by atoms with Crippen LogP contribution in [0, 0.1) is 0 Å². The Morgan fingerprint density at radius 3 is 2.48 bits per heavy atom. The fraction of sp³-hybridized carbons (Fsp3) is 0.100. The van der Waals surface area contributed by atoms with Crippen molar-refractivity contribution in [3.63, 3.8) is 0 Å². The molecule has 0 spiro atoms. The predicted octanol–water partition coefficient (Wildman–Crippen LogP) is 4.03. The lowest BCUT2D eigenvalue weighted by atomic mass is 9.98. The molecule has 0 unspecified atom stereocenters. The second-order valence-corrected chi connectivity index (χ2v) is 6.63. The highest BCUT2D eigenvalue weighted by Gasteiger charge is 2.22. The maximum atomic E-state index is 12.4. The number of carbonyl (C=O) groups is 2. The summed E-state index contributed by atoms with van der Waals surface area (Å²) in [5, 5.41) is 14.2. The number of nitrogens with one attached hydrogen (secondary N) is 1. The third-order valence-corrected chi connectivity index (χ3v) is 4.49. The van der Waals surface area contributed by atoms with Gasteiger partial charge in [0.05, 0.1) is 0 Å². The summed E-state index contributed by atoms with van der Waals surface area (Å²) < 4.78 is 0.765. The first-order chi connectivity index (χ1) is 12.0. The first-order valence-electron chi connectivity index (χ1n) is 7.80. The Balaban J connectivity index is 1.84. The Morgan fingerprint density at radius 1 is 1.00 bits per heavy atom. The molecule has 3 rings (SSSR count). The van der Waals surface area contributed by atoms with Gasteiger partial charge >= 0.3 is 5.97 Å². The molecule has 126 valence electrons. The smallest absolute Gasteiger partial charge is 0.326 e. The van der Waals surface area contributed by atoms with Gasteiger partial charge in [-0.25, -0.2) is 4.79 Å². The standard InChI is InChI=1S/C20H16BrNO3/c21-16-9-4-8-15(11-16)19(23)22-18(20(24)25)12-14-7-3-6-13-5-1-2-10-17(13)14/h1-11,18H,12H2,(H,22,23)(H,24,25)/t18-/m0/s1. The Labute approximate surface area is 153 Å². The van der Waals surface area contributed by atoms with Crippen molar-refractivity contribution in [2.75, 3.05) is 0 Å². The molecule has 25 heavy (non-hydrogen) atoms. The van der Waals surface area contributed by atoms with Gasteiger partial charge in [-0.2, -0.15) is 0 Å². The minimum atomic E-state index is -1.06. The zero-order chi connectivity index (χ0) is 17.8. The number of benzene rings is 3. The van der Waals surface area contributed by atoms with Crippen LogP contribution in [0.15, 0.2) is 71.2 Å². The average molecular weight is 398 g/mol. The predicted molar refractivity (Wildman–Crippen MR) is 101 cm³/mol. The molecular formula is C20H16BrNO3. The van der Waals surface area contributed by atoms with Gasteiger partial charge in [0.15, 0.2) is 0 Å². The lowest BCUT2D eigenvalue weighted by molar-refractivity contribution is -0.139. The topological polar surface area (TPSA) is 66.4 Å². The molecule has 0 heterocycles. The number of halogens is 1. The van der Waals surface area contributed by atoms with Crippen molar-refractivity contribution in [2.24, 2.45) is 0 Å². The summed E-state index contributed by atoms with van der Waals surface area (Å²) >= 11 is 3.31. The monoisotopic (exact) mass is 397 g/mol. The van der Waals surface area contributed by atoms with Gasteiger partial charge in [-0.1, -0.05) is 64.5 Å². The number of fused-ring (bicyclic) bond motifs is 1. The summed E-state index contributed by atoms with van der Waals surface area (Å²) in [5.74, 6) is -1.47. The van der Waals surface area contributed by atoms with E-state index in [2.05, 4.69) is 21.2 Å². The van der Waals surface area contributed by atoms with Crippen LogP contribution in [0.4, 0.5) is 0 Å². The maximum absolute atomic E-state index is 12.4. The molecule has 5 heteroatoms. The van der Waals surface area contributed by atoms with Gasteiger partial charge in [-0.3, -0.25) is 4.79 Å². The molecule has 0 saturated heterocycles. The van der Waals surface area contributed by atoms with Crippen molar-refractivity contribution in [1.29, 1.82) is 0 Å². The molecule has 0 aliphatic rings. The molecule has 0 bridgehead atoms. The van der Waals surface area contributed by atoms with Crippen molar-refractivity contribution in [3.05, 3.63) is 82.3 Å². The van der Waals surface area contributed by atoms with Gasteiger partial charge in [0.25, 0.3) is 5.91 Å². The van der Waals surface area contributed by atoms with Crippen LogP contribution in [0.3, 0.4) is 0 Å². The number of amides is 1. The Hall–Kier alpha value is -2.66. The van der Waals surface area contributed by atoms with Gasteiger partial charge in [0.1, 0.15) is 6.04 Å². The van der Waals surface area contributed by atoms with Crippen LogP contribution in [0.5, 0.6) is 0 Å². The van der Waals surface area contributed by atoms with Crippen LogP contribution in [0.2, 0.25) is 0 Å². The first-order valence-corrected chi connectivity index (χ1v) is 8.60. The van der Waals surface area contributed by atoms with E-state index in [0.717, 1.165) is 20.8 Å². The number of hydrogen-bond acceptors (Lipinski definition) is 2. The van der Waals surface area contributed by atoms with Crippen molar-refractivity contribution in [1.82, 2.24) is 5.32 Å². The summed E-state index contributed by atoms with van der Waals surface area (Å²) in [4.78, 5) is 24.0. The van der Waals surface area contributed by atoms with Gasteiger partial charge in [-0.05, 0) is 34.5 Å².